The van der Waals surface area contributed by atoms with Gasteiger partial charge in [0.25, 0.3) is 10.2 Å². The van der Waals surface area contributed by atoms with Gasteiger partial charge in [-0.05, 0) is 43.4 Å². The van der Waals surface area contributed by atoms with E-state index in [9.17, 15) is 13.2 Å². The molecule has 7 heteroatoms. The van der Waals surface area contributed by atoms with E-state index in [1.807, 2.05) is 24.0 Å². The molecule has 1 amide bonds. The van der Waals surface area contributed by atoms with Crippen LogP contribution in [0, 0.1) is 0 Å². The van der Waals surface area contributed by atoms with Crippen LogP contribution in [0.5, 0.6) is 0 Å². The second-order valence-corrected chi connectivity index (χ2v) is 7.28. The number of carbonyl (C=O) groups excluding carboxylic acids is 1. The molecule has 0 radical (unpaired) electrons. The fraction of sp³-hybridized carbons (Fsp3) is 0.562. The highest BCUT2D eigenvalue weighted by atomic mass is 32.2. The molecule has 1 aliphatic rings. The van der Waals surface area contributed by atoms with E-state index in [1.54, 1.807) is 12.1 Å². The van der Waals surface area contributed by atoms with Crippen LogP contribution < -0.4 is 9.44 Å². The maximum absolute atomic E-state index is 12.0. The molecule has 6 nitrogen and oxygen atoms in total. The van der Waals surface area contributed by atoms with Gasteiger partial charge in [-0.15, -0.1) is 0 Å². The summed E-state index contributed by atoms with van der Waals surface area (Å²) in [5.41, 5.74) is 1.55. The van der Waals surface area contributed by atoms with Crippen molar-refractivity contribution in [2.24, 2.45) is 0 Å². The van der Waals surface area contributed by atoms with Gasteiger partial charge >= 0.3 is 0 Å². The molecule has 1 fully saturated rings. The van der Waals surface area contributed by atoms with Crippen LogP contribution in [0.1, 0.15) is 38.2 Å². The Kier molecular flexibility index (Phi) is 6.41. The van der Waals surface area contributed by atoms with Gasteiger partial charge in [0.05, 0.1) is 0 Å². The van der Waals surface area contributed by atoms with Crippen molar-refractivity contribution < 1.29 is 13.2 Å². The number of hydrogen-bond acceptors (Lipinski definition) is 3. The average Bonchev–Trinajstić information content (AvgIpc) is 3.06. The summed E-state index contributed by atoms with van der Waals surface area (Å²) in [5, 5.41) is 0. The van der Waals surface area contributed by atoms with Crippen LogP contribution in [0.3, 0.4) is 0 Å². The Labute approximate surface area is 138 Å². The second-order valence-electron chi connectivity index (χ2n) is 5.78. The first-order chi connectivity index (χ1) is 11.0. The molecule has 1 aliphatic heterocycles. The summed E-state index contributed by atoms with van der Waals surface area (Å²) in [5.74, 6) is 0.205. The van der Waals surface area contributed by atoms with Gasteiger partial charge in [-0.25, -0.2) is 0 Å². The smallest absolute Gasteiger partial charge is 0.299 e. The quantitative estimate of drug-likeness (QED) is 0.759. The fourth-order valence-corrected chi connectivity index (χ4v) is 3.53. The number of rotatable bonds is 8. The Balaban J connectivity index is 1.83. The Bertz CT molecular complexity index is 608. The minimum atomic E-state index is -3.51. The summed E-state index contributed by atoms with van der Waals surface area (Å²) >= 11 is 0. The van der Waals surface area contributed by atoms with Crippen LogP contribution in [0.2, 0.25) is 0 Å². The SMILES string of the molecule is CCCNS(=O)(=O)Nc1ccc(CCC(=O)N2CCCC2)cc1. The van der Waals surface area contributed by atoms with Crippen molar-refractivity contribution in [1.82, 2.24) is 9.62 Å². The van der Waals surface area contributed by atoms with E-state index >= 15 is 0 Å². The molecule has 0 spiro atoms. The molecule has 1 saturated heterocycles. The molecule has 0 unspecified atom stereocenters. The molecule has 0 bridgehead atoms. The van der Waals surface area contributed by atoms with Crippen molar-refractivity contribution in [3.8, 4) is 0 Å². The van der Waals surface area contributed by atoms with Gasteiger partial charge < -0.3 is 4.90 Å². The highest BCUT2D eigenvalue weighted by Gasteiger charge is 2.17. The topological polar surface area (TPSA) is 78.5 Å². The van der Waals surface area contributed by atoms with E-state index in [4.69, 9.17) is 0 Å². The molecular formula is C16H25N3O3S. The summed E-state index contributed by atoms with van der Waals surface area (Å²) in [7, 11) is -3.51. The largest absolute Gasteiger partial charge is 0.343 e. The molecule has 2 N–H and O–H groups in total. The van der Waals surface area contributed by atoms with E-state index in [1.165, 1.54) is 0 Å². The highest BCUT2D eigenvalue weighted by molar-refractivity contribution is 7.90. The first kappa shape index (κ1) is 17.7. The number of nitrogens with zero attached hydrogens (tertiary/aromatic N) is 1. The first-order valence-corrected chi connectivity index (χ1v) is 9.62. The summed E-state index contributed by atoms with van der Waals surface area (Å²) in [6, 6.07) is 7.16. The number of anilines is 1. The number of aryl methyl sites for hydroxylation is 1. The maximum Gasteiger partial charge on any atom is 0.299 e. The molecule has 23 heavy (non-hydrogen) atoms. The number of benzene rings is 1. The van der Waals surface area contributed by atoms with Crippen molar-refractivity contribution in [3.05, 3.63) is 29.8 Å². The molecule has 0 aliphatic carbocycles. The molecule has 1 aromatic rings. The van der Waals surface area contributed by atoms with E-state index in [2.05, 4.69) is 9.44 Å². The number of hydrogen-bond donors (Lipinski definition) is 2. The zero-order chi connectivity index (χ0) is 16.7. The lowest BCUT2D eigenvalue weighted by molar-refractivity contribution is -0.130. The lowest BCUT2D eigenvalue weighted by Gasteiger charge is -2.15. The molecule has 0 saturated carbocycles. The zero-order valence-electron chi connectivity index (χ0n) is 13.5. The third-order valence-electron chi connectivity index (χ3n) is 3.83. The van der Waals surface area contributed by atoms with Gasteiger partial charge in [0.2, 0.25) is 5.91 Å². The Morgan fingerprint density at radius 3 is 2.43 bits per heavy atom. The van der Waals surface area contributed by atoms with Crippen molar-refractivity contribution in [3.63, 3.8) is 0 Å². The average molecular weight is 339 g/mol. The van der Waals surface area contributed by atoms with Gasteiger partial charge in [-0.2, -0.15) is 13.1 Å². The van der Waals surface area contributed by atoms with Crippen molar-refractivity contribution in [1.29, 1.82) is 0 Å². The minimum absolute atomic E-state index is 0.205. The van der Waals surface area contributed by atoms with Crippen molar-refractivity contribution in [2.75, 3.05) is 24.4 Å². The normalized spacial score (nSPS) is 14.9. The third-order valence-corrected chi connectivity index (χ3v) is 4.92. The zero-order valence-corrected chi connectivity index (χ0v) is 14.4. The molecule has 128 valence electrons. The summed E-state index contributed by atoms with van der Waals surface area (Å²) in [4.78, 5) is 13.9. The molecule has 0 atom stereocenters. The van der Waals surface area contributed by atoms with Crippen LogP contribution in [-0.2, 0) is 21.4 Å². The summed E-state index contributed by atoms with van der Waals surface area (Å²) in [6.07, 6.45) is 4.13. The minimum Gasteiger partial charge on any atom is -0.343 e. The number of nitrogens with one attached hydrogen (secondary N) is 2. The molecule has 0 aromatic heterocycles. The monoisotopic (exact) mass is 339 g/mol. The molecule has 2 rings (SSSR count). The van der Waals surface area contributed by atoms with Crippen LogP contribution in [0.25, 0.3) is 0 Å². The third kappa shape index (κ3) is 5.84. The van der Waals surface area contributed by atoms with Crippen LogP contribution in [0.15, 0.2) is 24.3 Å². The van der Waals surface area contributed by atoms with Crippen LogP contribution in [0.4, 0.5) is 5.69 Å². The molecule has 1 heterocycles. The highest BCUT2D eigenvalue weighted by Crippen LogP contribution is 2.14. The maximum atomic E-state index is 12.0. The number of likely N-dealkylation sites (tertiary alicyclic amines) is 1. The van der Waals surface area contributed by atoms with E-state index in [0.717, 1.165) is 37.9 Å². The standard InChI is InChI=1S/C16H25N3O3S/c1-2-11-17-23(21,22)18-15-8-5-14(6-9-15)7-10-16(20)19-12-3-4-13-19/h5-6,8-9,17-18H,2-4,7,10-13H2,1H3. The van der Waals surface area contributed by atoms with Crippen molar-refractivity contribution in [2.45, 2.75) is 39.0 Å². The van der Waals surface area contributed by atoms with E-state index in [0.29, 0.717) is 25.1 Å². The van der Waals surface area contributed by atoms with Crippen LogP contribution >= 0.6 is 0 Å². The van der Waals surface area contributed by atoms with E-state index < -0.39 is 10.2 Å². The first-order valence-electron chi connectivity index (χ1n) is 8.14. The molecule has 1 aromatic carbocycles. The van der Waals surface area contributed by atoms with Gasteiger partial charge in [-0.1, -0.05) is 19.1 Å². The van der Waals surface area contributed by atoms with E-state index in [-0.39, 0.29) is 5.91 Å². The molecular weight excluding hydrogens is 314 g/mol. The summed E-state index contributed by atoms with van der Waals surface area (Å²) < 4.78 is 28.4. The summed E-state index contributed by atoms with van der Waals surface area (Å²) in [6.45, 7) is 4.07. The lowest BCUT2D eigenvalue weighted by atomic mass is 10.1. The Morgan fingerprint density at radius 2 is 1.83 bits per heavy atom. The second kappa shape index (κ2) is 8.31. The van der Waals surface area contributed by atoms with Crippen LogP contribution in [-0.4, -0.2) is 38.9 Å². The van der Waals surface area contributed by atoms with Gasteiger partial charge in [0.1, 0.15) is 0 Å². The lowest BCUT2D eigenvalue weighted by Crippen LogP contribution is -2.30. The van der Waals surface area contributed by atoms with Crippen molar-refractivity contribution >= 4 is 21.8 Å². The Morgan fingerprint density at radius 1 is 1.17 bits per heavy atom. The fourth-order valence-electron chi connectivity index (χ4n) is 2.54. The van der Waals surface area contributed by atoms with Gasteiger partial charge in [0.15, 0.2) is 0 Å². The Hall–Kier alpha value is -1.60. The number of amides is 1. The number of carbonyl (C=O) groups is 1. The predicted molar refractivity (Wildman–Crippen MR) is 91.4 cm³/mol. The predicted octanol–water partition coefficient (Wildman–Crippen LogP) is 1.90. The van der Waals surface area contributed by atoms with Gasteiger partial charge in [0, 0.05) is 31.7 Å². The van der Waals surface area contributed by atoms with Gasteiger partial charge in [-0.3, -0.25) is 9.52 Å².